The molecule has 0 radical (unpaired) electrons. The third kappa shape index (κ3) is 2.88. The van der Waals surface area contributed by atoms with E-state index in [-0.39, 0.29) is 17.6 Å². The van der Waals surface area contributed by atoms with Crippen LogP contribution in [-0.4, -0.2) is 11.2 Å². The van der Waals surface area contributed by atoms with Gasteiger partial charge in [-0.15, -0.1) is 0 Å². The first-order valence-electron chi connectivity index (χ1n) is 6.43. The Kier molecular flexibility index (Phi) is 3.28. The average molecular weight is 233 g/mol. The van der Waals surface area contributed by atoms with E-state index in [2.05, 4.69) is 45.0 Å². The molecule has 2 nitrogen and oxygen atoms in total. The van der Waals surface area contributed by atoms with Gasteiger partial charge >= 0.3 is 0 Å². The second-order valence-electron chi connectivity index (χ2n) is 6.23. The maximum absolute atomic E-state index is 10.0. The summed E-state index contributed by atoms with van der Waals surface area (Å²) in [5.41, 5.74) is 8.59. The quantitative estimate of drug-likeness (QED) is 0.843. The molecule has 0 heterocycles. The molecule has 0 saturated heterocycles. The Morgan fingerprint density at radius 1 is 1.18 bits per heavy atom. The first-order chi connectivity index (χ1) is 7.89. The van der Waals surface area contributed by atoms with E-state index in [1.807, 2.05) is 0 Å². The lowest BCUT2D eigenvalue weighted by atomic mass is 9.86. The van der Waals surface area contributed by atoms with Crippen molar-refractivity contribution >= 4 is 0 Å². The smallest absolute Gasteiger partial charge is 0.0760 e. The molecule has 0 amide bonds. The minimum absolute atomic E-state index is 0.164. The van der Waals surface area contributed by atoms with E-state index in [9.17, 15) is 5.11 Å². The van der Waals surface area contributed by atoms with E-state index in [4.69, 9.17) is 5.73 Å². The van der Waals surface area contributed by atoms with Crippen LogP contribution in [0.15, 0.2) is 24.3 Å². The number of hydrogen-bond acceptors (Lipinski definition) is 2. The molecular formula is C15H23NO. The minimum Gasteiger partial charge on any atom is -0.391 e. The van der Waals surface area contributed by atoms with Crippen molar-refractivity contribution in [3.05, 3.63) is 35.4 Å². The molecule has 1 aromatic carbocycles. The number of aliphatic hydroxyl groups excluding tert-OH is 1. The summed E-state index contributed by atoms with van der Waals surface area (Å²) in [6.07, 6.45) is 1.86. The van der Waals surface area contributed by atoms with Gasteiger partial charge in [-0.25, -0.2) is 0 Å². The van der Waals surface area contributed by atoms with Gasteiger partial charge in [0.1, 0.15) is 0 Å². The molecule has 2 atom stereocenters. The number of rotatable bonds is 3. The first-order valence-corrected chi connectivity index (χ1v) is 6.43. The second kappa shape index (κ2) is 4.43. The molecule has 17 heavy (non-hydrogen) atoms. The Bertz CT molecular complexity index is 373. The first kappa shape index (κ1) is 12.6. The fourth-order valence-electron chi connectivity index (χ4n) is 2.13. The van der Waals surface area contributed by atoms with Crippen LogP contribution in [0.2, 0.25) is 0 Å². The number of nitrogens with two attached hydrogens (primary N) is 1. The van der Waals surface area contributed by atoms with Crippen molar-refractivity contribution in [3.8, 4) is 0 Å². The average Bonchev–Trinajstić information content (AvgIpc) is 3.10. The Hall–Kier alpha value is -0.860. The van der Waals surface area contributed by atoms with Gasteiger partial charge in [0, 0.05) is 0 Å². The predicted molar refractivity (Wildman–Crippen MR) is 70.8 cm³/mol. The van der Waals surface area contributed by atoms with Crippen LogP contribution in [0.4, 0.5) is 0 Å². The predicted octanol–water partition coefficient (Wildman–Crippen LogP) is 2.75. The van der Waals surface area contributed by atoms with Crippen LogP contribution in [0.5, 0.6) is 0 Å². The fourth-order valence-corrected chi connectivity index (χ4v) is 2.13. The SMILES string of the molecule is CC(C)(C)c1ccc([C@H](N)[C@H](O)C2CC2)cc1. The molecule has 3 N–H and O–H groups in total. The molecule has 0 bridgehead atoms. The van der Waals surface area contributed by atoms with Crippen LogP contribution in [0.25, 0.3) is 0 Å². The molecule has 1 aromatic rings. The molecule has 1 fully saturated rings. The van der Waals surface area contributed by atoms with Crippen molar-refractivity contribution < 1.29 is 5.11 Å². The van der Waals surface area contributed by atoms with E-state index in [1.54, 1.807) is 0 Å². The van der Waals surface area contributed by atoms with Gasteiger partial charge in [-0.2, -0.15) is 0 Å². The second-order valence-corrected chi connectivity index (χ2v) is 6.23. The molecule has 0 spiro atoms. The maximum atomic E-state index is 10.0. The molecule has 0 aliphatic heterocycles. The van der Waals surface area contributed by atoms with Crippen LogP contribution in [-0.2, 0) is 5.41 Å². The zero-order valence-electron chi connectivity index (χ0n) is 11.0. The topological polar surface area (TPSA) is 46.2 Å². The summed E-state index contributed by atoms with van der Waals surface area (Å²) in [7, 11) is 0. The van der Waals surface area contributed by atoms with Gasteiger partial charge < -0.3 is 10.8 Å². The van der Waals surface area contributed by atoms with Crippen molar-refractivity contribution in [2.24, 2.45) is 11.7 Å². The summed E-state index contributed by atoms with van der Waals surface area (Å²) in [6, 6.07) is 8.11. The van der Waals surface area contributed by atoms with Crippen molar-refractivity contribution in [2.75, 3.05) is 0 Å². The largest absolute Gasteiger partial charge is 0.391 e. The molecule has 1 saturated carbocycles. The maximum Gasteiger partial charge on any atom is 0.0760 e. The van der Waals surface area contributed by atoms with Crippen LogP contribution in [0, 0.1) is 5.92 Å². The van der Waals surface area contributed by atoms with Crippen LogP contribution in [0.3, 0.4) is 0 Å². The minimum atomic E-state index is -0.379. The molecule has 2 rings (SSSR count). The van der Waals surface area contributed by atoms with Gasteiger partial charge in [-0.1, -0.05) is 45.0 Å². The summed E-state index contributed by atoms with van der Waals surface area (Å²) >= 11 is 0. The lowest BCUT2D eigenvalue weighted by Gasteiger charge is -2.22. The monoisotopic (exact) mass is 233 g/mol. The van der Waals surface area contributed by atoms with Gasteiger partial charge in [0.2, 0.25) is 0 Å². The van der Waals surface area contributed by atoms with Gasteiger partial charge in [-0.3, -0.25) is 0 Å². The van der Waals surface area contributed by atoms with E-state index < -0.39 is 0 Å². The van der Waals surface area contributed by atoms with Crippen molar-refractivity contribution in [1.29, 1.82) is 0 Å². The molecule has 0 unspecified atom stereocenters. The van der Waals surface area contributed by atoms with Crippen LogP contribution < -0.4 is 5.73 Å². The number of benzene rings is 1. The van der Waals surface area contributed by atoms with Gasteiger partial charge in [0.15, 0.2) is 0 Å². The zero-order chi connectivity index (χ0) is 12.6. The van der Waals surface area contributed by atoms with Gasteiger partial charge in [-0.05, 0) is 35.3 Å². The van der Waals surface area contributed by atoms with Crippen LogP contribution >= 0.6 is 0 Å². The lowest BCUT2D eigenvalue weighted by molar-refractivity contribution is 0.122. The summed E-state index contributed by atoms with van der Waals surface area (Å²) in [5, 5.41) is 10.0. The fraction of sp³-hybridized carbons (Fsp3) is 0.600. The van der Waals surface area contributed by atoms with Crippen molar-refractivity contribution in [2.45, 2.75) is 51.2 Å². The van der Waals surface area contributed by atoms with E-state index in [0.717, 1.165) is 18.4 Å². The highest BCUT2D eigenvalue weighted by Crippen LogP contribution is 2.37. The van der Waals surface area contributed by atoms with E-state index in [0.29, 0.717) is 5.92 Å². The number of aliphatic hydroxyl groups is 1. The molecule has 1 aliphatic carbocycles. The highest BCUT2D eigenvalue weighted by atomic mass is 16.3. The molecule has 0 aromatic heterocycles. The van der Waals surface area contributed by atoms with Gasteiger partial charge in [0.05, 0.1) is 12.1 Å². The summed E-state index contributed by atoms with van der Waals surface area (Å²) in [4.78, 5) is 0. The Morgan fingerprint density at radius 2 is 1.71 bits per heavy atom. The molecule has 1 aliphatic rings. The Morgan fingerprint density at radius 3 is 2.12 bits per heavy atom. The normalized spacial score (nSPS) is 20.1. The summed E-state index contributed by atoms with van der Waals surface area (Å²) in [6.45, 7) is 6.59. The highest BCUT2D eigenvalue weighted by Gasteiger charge is 2.34. The highest BCUT2D eigenvalue weighted by molar-refractivity contribution is 5.29. The summed E-state index contributed by atoms with van der Waals surface area (Å²) in [5.74, 6) is 0.423. The van der Waals surface area contributed by atoms with E-state index >= 15 is 0 Å². The van der Waals surface area contributed by atoms with Crippen LogP contribution in [0.1, 0.15) is 50.8 Å². The molecule has 94 valence electrons. The lowest BCUT2D eigenvalue weighted by Crippen LogP contribution is -2.28. The Balaban J connectivity index is 2.11. The van der Waals surface area contributed by atoms with E-state index in [1.165, 1.54) is 5.56 Å². The van der Waals surface area contributed by atoms with Crippen molar-refractivity contribution in [1.82, 2.24) is 0 Å². The zero-order valence-corrected chi connectivity index (χ0v) is 11.0. The standard InChI is InChI=1S/C15H23NO/c1-15(2,3)12-8-6-10(7-9-12)13(16)14(17)11-4-5-11/h6-9,11,13-14,17H,4-5,16H2,1-3H3/t13-,14+/m0/s1. The van der Waals surface area contributed by atoms with Gasteiger partial charge in [0.25, 0.3) is 0 Å². The summed E-state index contributed by atoms with van der Waals surface area (Å²) < 4.78 is 0. The Labute approximate surface area is 104 Å². The molecular weight excluding hydrogens is 210 g/mol. The third-order valence-electron chi connectivity index (χ3n) is 3.63. The number of hydrogen-bond donors (Lipinski definition) is 2. The molecule has 2 heteroatoms. The third-order valence-corrected chi connectivity index (χ3v) is 3.63. The van der Waals surface area contributed by atoms with Crippen molar-refractivity contribution in [3.63, 3.8) is 0 Å².